The predicted octanol–water partition coefficient (Wildman–Crippen LogP) is 2.18. The first kappa shape index (κ1) is 11.2. The van der Waals surface area contributed by atoms with Gasteiger partial charge in [-0.3, -0.25) is 9.78 Å². The zero-order valence-electron chi connectivity index (χ0n) is 9.14. The third-order valence-corrected chi connectivity index (χ3v) is 2.20. The van der Waals surface area contributed by atoms with E-state index >= 15 is 0 Å². The molecule has 0 saturated heterocycles. The first-order chi connectivity index (χ1) is 8.16. The van der Waals surface area contributed by atoms with Gasteiger partial charge in [-0.1, -0.05) is 6.07 Å². The Morgan fingerprint density at radius 1 is 1.29 bits per heavy atom. The van der Waals surface area contributed by atoms with Crippen LogP contribution in [0.15, 0.2) is 36.5 Å². The van der Waals surface area contributed by atoms with Crippen molar-refractivity contribution in [1.82, 2.24) is 9.97 Å². The van der Waals surface area contributed by atoms with E-state index in [4.69, 9.17) is 0 Å². The lowest BCUT2D eigenvalue weighted by Gasteiger charge is -2.06. The number of anilines is 1. The zero-order valence-corrected chi connectivity index (χ0v) is 9.14. The number of rotatable bonds is 2. The van der Waals surface area contributed by atoms with Gasteiger partial charge in [0.2, 0.25) is 5.95 Å². The number of hydrogen-bond donors (Lipinski definition) is 1. The molecule has 0 spiro atoms. The highest BCUT2D eigenvalue weighted by Crippen LogP contribution is 2.11. The smallest absolute Gasteiger partial charge is 0.274 e. The molecular formula is C12H10FN3O. The molecule has 2 rings (SSSR count). The van der Waals surface area contributed by atoms with Crippen molar-refractivity contribution in [3.05, 3.63) is 53.9 Å². The summed E-state index contributed by atoms with van der Waals surface area (Å²) in [6, 6.07) is 7.50. The molecule has 0 aromatic carbocycles. The molecule has 0 bridgehead atoms. The Morgan fingerprint density at radius 3 is 2.82 bits per heavy atom. The Bertz CT molecular complexity index is 557. The minimum absolute atomic E-state index is 0.0354. The highest BCUT2D eigenvalue weighted by Gasteiger charge is 2.09. The van der Waals surface area contributed by atoms with E-state index in [9.17, 15) is 9.18 Å². The number of hydrogen-bond acceptors (Lipinski definition) is 3. The molecule has 0 aliphatic heterocycles. The lowest BCUT2D eigenvalue weighted by Crippen LogP contribution is -2.15. The number of aryl methyl sites for hydroxylation is 1. The number of aromatic nitrogens is 2. The molecule has 1 amide bonds. The number of nitrogens with zero attached hydrogens (tertiary/aromatic N) is 2. The van der Waals surface area contributed by atoms with Crippen molar-refractivity contribution in [2.45, 2.75) is 6.92 Å². The highest BCUT2D eigenvalue weighted by molar-refractivity contribution is 6.03. The number of pyridine rings is 2. The van der Waals surface area contributed by atoms with E-state index in [0.717, 1.165) is 0 Å². The van der Waals surface area contributed by atoms with E-state index in [1.54, 1.807) is 25.3 Å². The van der Waals surface area contributed by atoms with Gasteiger partial charge in [0, 0.05) is 6.20 Å². The summed E-state index contributed by atoms with van der Waals surface area (Å²) in [5.41, 5.74) is 1.31. The molecule has 2 aromatic heterocycles. The van der Waals surface area contributed by atoms with Crippen molar-refractivity contribution in [3.8, 4) is 0 Å². The minimum Gasteiger partial charge on any atom is -0.319 e. The monoisotopic (exact) mass is 231 g/mol. The third-order valence-electron chi connectivity index (χ3n) is 2.20. The molecule has 2 aromatic rings. The summed E-state index contributed by atoms with van der Waals surface area (Å²) in [4.78, 5) is 19.3. The van der Waals surface area contributed by atoms with Gasteiger partial charge in [-0.05, 0) is 31.2 Å². The van der Waals surface area contributed by atoms with Gasteiger partial charge >= 0.3 is 0 Å². The normalized spacial score (nSPS) is 10.0. The second kappa shape index (κ2) is 4.69. The van der Waals surface area contributed by atoms with Gasteiger partial charge in [0.25, 0.3) is 5.91 Å². The molecule has 0 fully saturated rings. The van der Waals surface area contributed by atoms with Crippen molar-refractivity contribution in [2.75, 3.05) is 5.32 Å². The summed E-state index contributed by atoms with van der Waals surface area (Å²) in [5.74, 6) is -1.14. The van der Waals surface area contributed by atoms with E-state index in [1.807, 2.05) is 0 Å². The Hall–Kier alpha value is -2.30. The molecule has 0 saturated carbocycles. The molecule has 0 atom stereocenters. The highest BCUT2D eigenvalue weighted by atomic mass is 19.1. The minimum atomic E-state index is -0.680. The van der Waals surface area contributed by atoms with Crippen molar-refractivity contribution in [2.24, 2.45) is 0 Å². The van der Waals surface area contributed by atoms with E-state index < -0.39 is 11.9 Å². The van der Waals surface area contributed by atoms with Crippen molar-refractivity contribution >= 4 is 11.6 Å². The van der Waals surface area contributed by atoms with Crippen molar-refractivity contribution < 1.29 is 9.18 Å². The molecule has 1 N–H and O–H groups in total. The maximum atomic E-state index is 12.8. The Morgan fingerprint density at radius 2 is 2.12 bits per heavy atom. The zero-order chi connectivity index (χ0) is 12.3. The summed E-state index contributed by atoms with van der Waals surface area (Å²) < 4.78 is 12.8. The quantitative estimate of drug-likeness (QED) is 0.806. The lowest BCUT2D eigenvalue weighted by molar-refractivity contribution is 0.102. The van der Waals surface area contributed by atoms with Gasteiger partial charge in [-0.15, -0.1) is 0 Å². The van der Waals surface area contributed by atoms with Gasteiger partial charge in [-0.2, -0.15) is 4.39 Å². The molecule has 0 aliphatic rings. The van der Waals surface area contributed by atoms with E-state index in [-0.39, 0.29) is 5.69 Å². The van der Waals surface area contributed by atoms with Crippen LogP contribution in [0.2, 0.25) is 0 Å². The van der Waals surface area contributed by atoms with Gasteiger partial charge in [0.1, 0.15) is 5.69 Å². The molecule has 2 heterocycles. The second-order valence-corrected chi connectivity index (χ2v) is 3.44. The summed E-state index contributed by atoms with van der Waals surface area (Å²) >= 11 is 0. The van der Waals surface area contributed by atoms with Crippen LogP contribution in [0.1, 0.15) is 16.2 Å². The molecule has 86 valence electrons. The molecular weight excluding hydrogens is 221 g/mol. The van der Waals surface area contributed by atoms with Crippen molar-refractivity contribution in [3.63, 3.8) is 0 Å². The average Bonchev–Trinajstić information content (AvgIpc) is 2.32. The fourth-order valence-electron chi connectivity index (χ4n) is 1.34. The first-order valence-corrected chi connectivity index (χ1v) is 5.02. The number of halogens is 1. The number of nitrogens with one attached hydrogen (secondary N) is 1. The Kier molecular flexibility index (Phi) is 3.09. The van der Waals surface area contributed by atoms with Crippen LogP contribution in [0.3, 0.4) is 0 Å². The number of carbonyl (C=O) groups is 1. The van der Waals surface area contributed by atoms with Gasteiger partial charge in [0.15, 0.2) is 0 Å². The SMILES string of the molecule is Cc1ncccc1NC(=O)c1cccc(F)n1. The Labute approximate surface area is 97.5 Å². The molecule has 0 radical (unpaired) electrons. The topological polar surface area (TPSA) is 54.9 Å². The fraction of sp³-hybridized carbons (Fsp3) is 0.0833. The Balaban J connectivity index is 2.20. The van der Waals surface area contributed by atoms with Crippen LogP contribution < -0.4 is 5.32 Å². The summed E-state index contributed by atoms with van der Waals surface area (Å²) in [6.45, 7) is 1.77. The fourth-order valence-corrected chi connectivity index (χ4v) is 1.34. The van der Waals surface area contributed by atoms with Crippen LogP contribution in [0.25, 0.3) is 0 Å². The van der Waals surface area contributed by atoms with Crippen molar-refractivity contribution in [1.29, 1.82) is 0 Å². The first-order valence-electron chi connectivity index (χ1n) is 5.02. The average molecular weight is 231 g/mol. The van der Waals surface area contributed by atoms with Crippen LogP contribution in [-0.4, -0.2) is 15.9 Å². The van der Waals surface area contributed by atoms with E-state index in [2.05, 4.69) is 15.3 Å². The van der Waals surface area contributed by atoms with Gasteiger partial charge < -0.3 is 5.32 Å². The third kappa shape index (κ3) is 2.63. The summed E-state index contributed by atoms with van der Waals surface area (Å²) in [7, 11) is 0. The lowest BCUT2D eigenvalue weighted by atomic mass is 10.3. The second-order valence-electron chi connectivity index (χ2n) is 3.44. The van der Waals surface area contributed by atoms with Crippen LogP contribution in [0.4, 0.5) is 10.1 Å². The number of carbonyl (C=O) groups excluding carboxylic acids is 1. The largest absolute Gasteiger partial charge is 0.319 e. The molecule has 0 unspecified atom stereocenters. The van der Waals surface area contributed by atoms with Gasteiger partial charge in [0.05, 0.1) is 11.4 Å². The molecule has 4 nitrogen and oxygen atoms in total. The standard InChI is InChI=1S/C12H10FN3O/c1-8-9(5-3-7-14-8)16-12(17)10-4-2-6-11(13)15-10/h2-7H,1H3,(H,16,17). The van der Waals surface area contributed by atoms with Crippen LogP contribution in [-0.2, 0) is 0 Å². The van der Waals surface area contributed by atoms with E-state index in [1.165, 1.54) is 18.2 Å². The van der Waals surface area contributed by atoms with Crippen LogP contribution in [0, 0.1) is 12.9 Å². The molecule has 17 heavy (non-hydrogen) atoms. The molecule has 0 aliphatic carbocycles. The van der Waals surface area contributed by atoms with Gasteiger partial charge in [-0.25, -0.2) is 4.98 Å². The molecule has 5 heteroatoms. The number of amides is 1. The maximum absolute atomic E-state index is 12.8. The summed E-state index contributed by atoms with van der Waals surface area (Å²) in [6.07, 6.45) is 1.63. The summed E-state index contributed by atoms with van der Waals surface area (Å²) in [5, 5.41) is 2.62. The van der Waals surface area contributed by atoms with E-state index in [0.29, 0.717) is 11.4 Å². The van der Waals surface area contributed by atoms with Crippen LogP contribution >= 0.6 is 0 Å². The van der Waals surface area contributed by atoms with Crippen LogP contribution in [0.5, 0.6) is 0 Å². The predicted molar refractivity (Wildman–Crippen MR) is 61.1 cm³/mol. The maximum Gasteiger partial charge on any atom is 0.274 e.